The van der Waals surface area contributed by atoms with Gasteiger partial charge in [-0.2, -0.15) is 0 Å². The highest BCUT2D eigenvalue weighted by Gasteiger charge is 2.04. The SMILES string of the molecule is C=Cc1cccc(C(N)=S)c1Br. The van der Waals surface area contributed by atoms with E-state index in [4.69, 9.17) is 18.0 Å². The molecule has 0 saturated carbocycles. The van der Waals surface area contributed by atoms with Crippen LogP contribution in [0.3, 0.4) is 0 Å². The lowest BCUT2D eigenvalue weighted by Gasteiger charge is -2.04. The zero-order chi connectivity index (χ0) is 9.14. The Morgan fingerprint density at radius 1 is 1.58 bits per heavy atom. The molecule has 0 aliphatic heterocycles. The summed E-state index contributed by atoms with van der Waals surface area (Å²) in [5.41, 5.74) is 7.36. The number of benzene rings is 1. The molecule has 1 aromatic carbocycles. The molecule has 0 radical (unpaired) electrons. The second kappa shape index (κ2) is 3.83. The molecular weight excluding hydrogens is 234 g/mol. The van der Waals surface area contributed by atoms with E-state index in [2.05, 4.69) is 22.5 Å². The van der Waals surface area contributed by atoms with Crippen LogP contribution in [0.5, 0.6) is 0 Å². The first-order chi connectivity index (χ1) is 5.66. The Balaban J connectivity index is 3.32. The van der Waals surface area contributed by atoms with Crippen molar-refractivity contribution in [3.8, 4) is 0 Å². The summed E-state index contributed by atoms with van der Waals surface area (Å²) in [6.45, 7) is 3.68. The predicted octanol–water partition coefficient (Wildman–Crippen LogP) is 2.73. The smallest absolute Gasteiger partial charge is 0.105 e. The van der Waals surface area contributed by atoms with Gasteiger partial charge in [0.15, 0.2) is 0 Å². The third-order valence-electron chi connectivity index (χ3n) is 1.51. The van der Waals surface area contributed by atoms with E-state index in [0.29, 0.717) is 4.99 Å². The molecule has 0 saturated heterocycles. The van der Waals surface area contributed by atoms with Crippen LogP contribution in [0.1, 0.15) is 11.1 Å². The minimum atomic E-state index is 0.394. The zero-order valence-corrected chi connectivity index (χ0v) is 8.78. The Kier molecular flexibility index (Phi) is 3.00. The van der Waals surface area contributed by atoms with Gasteiger partial charge in [0.1, 0.15) is 4.99 Å². The van der Waals surface area contributed by atoms with Crippen molar-refractivity contribution in [3.63, 3.8) is 0 Å². The van der Waals surface area contributed by atoms with Crippen molar-refractivity contribution in [2.24, 2.45) is 5.73 Å². The summed E-state index contributed by atoms with van der Waals surface area (Å²) >= 11 is 8.27. The van der Waals surface area contributed by atoms with Crippen LogP contribution in [0.2, 0.25) is 0 Å². The third kappa shape index (κ3) is 1.73. The molecule has 0 amide bonds. The van der Waals surface area contributed by atoms with Gasteiger partial charge in [0.05, 0.1) is 0 Å². The fourth-order valence-corrected chi connectivity index (χ4v) is 1.84. The molecule has 3 heteroatoms. The molecule has 12 heavy (non-hydrogen) atoms. The Hall–Kier alpha value is -0.670. The summed E-state index contributed by atoms with van der Waals surface area (Å²) in [5.74, 6) is 0. The van der Waals surface area contributed by atoms with Crippen molar-refractivity contribution < 1.29 is 0 Å². The topological polar surface area (TPSA) is 26.0 Å². The summed E-state index contributed by atoms with van der Waals surface area (Å²) in [6.07, 6.45) is 1.76. The van der Waals surface area contributed by atoms with Crippen LogP contribution < -0.4 is 5.73 Å². The van der Waals surface area contributed by atoms with Crippen molar-refractivity contribution in [2.75, 3.05) is 0 Å². The van der Waals surface area contributed by atoms with Crippen molar-refractivity contribution in [2.45, 2.75) is 0 Å². The number of hydrogen-bond donors (Lipinski definition) is 1. The molecule has 0 fully saturated rings. The Bertz CT molecular complexity index is 333. The molecule has 62 valence electrons. The van der Waals surface area contributed by atoms with E-state index < -0.39 is 0 Å². The molecule has 0 spiro atoms. The van der Waals surface area contributed by atoms with Crippen LogP contribution in [-0.2, 0) is 0 Å². The van der Waals surface area contributed by atoms with Gasteiger partial charge in [-0.3, -0.25) is 0 Å². The van der Waals surface area contributed by atoms with Crippen LogP contribution in [0.25, 0.3) is 6.08 Å². The summed E-state index contributed by atoms with van der Waals surface area (Å²) < 4.78 is 0.910. The molecule has 0 aromatic heterocycles. The maximum absolute atomic E-state index is 5.51. The second-order valence-electron chi connectivity index (χ2n) is 2.28. The van der Waals surface area contributed by atoms with E-state index in [1.807, 2.05) is 18.2 Å². The first kappa shape index (κ1) is 9.42. The van der Waals surface area contributed by atoms with Crippen molar-refractivity contribution in [1.29, 1.82) is 0 Å². The van der Waals surface area contributed by atoms with E-state index in [1.54, 1.807) is 6.08 Å². The van der Waals surface area contributed by atoms with Gasteiger partial charge in [0.25, 0.3) is 0 Å². The highest BCUT2D eigenvalue weighted by molar-refractivity contribution is 9.10. The van der Waals surface area contributed by atoms with Crippen LogP contribution >= 0.6 is 28.1 Å². The van der Waals surface area contributed by atoms with E-state index in [0.717, 1.165) is 15.6 Å². The predicted molar refractivity (Wildman–Crippen MR) is 60.1 cm³/mol. The third-order valence-corrected chi connectivity index (χ3v) is 2.62. The number of thiocarbonyl (C=S) groups is 1. The summed E-state index contributed by atoms with van der Waals surface area (Å²) in [7, 11) is 0. The van der Waals surface area contributed by atoms with E-state index in [-0.39, 0.29) is 0 Å². The molecule has 2 N–H and O–H groups in total. The zero-order valence-electron chi connectivity index (χ0n) is 6.38. The number of hydrogen-bond acceptors (Lipinski definition) is 1. The van der Waals surface area contributed by atoms with Crippen molar-refractivity contribution >= 4 is 39.2 Å². The normalized spacial score (nSPS) is 9.42. The lowest BCUT2D eigenvalue weighted by atomic mass is 10.1. The van der Waals surface area contributed by atoms with Crippen LogP contribution in [0, 0.1) is 0 Å². The minimum absolute atomic E-state index is 0.394. The number of nitrogens with two attached hydrogens (primary N) is 1. The largest absolute Gasteiger partial charge is 0.389 e. The Morgan fingerprint density at radius 3 is 2.75 bits per heavy atom. The summed E-state index contributed by atoms with van der Waals surface area (Å²) in [4.78, 5) is 0.394. The first-order valence-corrected chi connectivity index (χ1v) is 4.57. The van der Waals surface area contributed by atoms with Gasteiger partial charge in [-0.15, -0.1) is 0 Å². The standard InChI is InChI=1S/C9H8BrNS/c1-2-6-4-3-5-7(8(6)10)9(11)12/h2-5H,1H2,(H2,11,12). The van der Waals surface area contributed by atoms with Gasteiger partial charge >= 0.3 is 0 Å². The van der Waals surface area contributed by atoms with Crippen LogP contribution in [0.15, 0.2) is 29.3 Å². The molecule has 0 bridgehead atoms. The minimum Gasteiger partial charge on any atom is -0.389 e. The number of rotatable bonds is 2. The quantitative estimate of drug-likeness (QED) is 0.807. The van der Waals surface area contributed by atoms with Crippen LogP contribution in [-0.4, -0.2) is 4.99 Å². The molecule has 0 heterocycles. The molecule has 1 nitrogen and oxygen atoms in total. The van der Waals surface area contributed by atoms with Gasteiger partial charge in [0, 0.05) is 10.0 Å². The van der Waals surface area contributed by atoms with Gasteiger partial charge in [-0.1, -0.05) is 43.1 Å². The Morgan fingerprint density at radius 2 is 2.25 bits per heavy atom. The molecule has 0 aliphatic carbocycles. The van der Waals surface area contributed by atoms with Gasteiger partial charge in [-0.05, 0) is 21.5 Å². The molecule has 0 aliphatic rings. The first-order valence-electron chi connectivity index (χ1n) is 3.37. The van der Waals surface area contributed by atoms with Gasteiger partial charge in [-0.25, -0.2) is 0 Å². The average Bonchev–Trinajstić information content (AvgIpc) is 2.04. The molecule has 0 atom stereocenters. The monoisotopic (exact) mass is 241 g/mol. The molecule has 1 rings (SSSR count). The highest BCUT2D eigenvalue weighted by Crippen LogP contribution is 2.22. The Labute approximate surface area is 85.4 Å². The lowest BCUT2D eigenvalue weighted by Crippen LogP contribution is -2.10. The molecular formula is C9H8BrNS. The van der Waals surface area contributed by atoms with Gasteiger partial charge < -0.3 is 5.73 Å². The maximum atomic E-state index is 5.51. The van der Waals surface area contributed by atoms with Crippen LogP contribution in [0.4, 0.5) is 0 Å². The molecule has 1 aromatic rings. The molecule has 0 unspecified atom stereocenters. The average molecular weight is 242 g/mol. The van der Waals surface area contributed by atoms with Gasteiger partial charge in [0.2, 0.25) is 0 Å². The van der Waals surface area contributed by atoms with Crippen molar-refractivity contribution in [3.05, 3.63) is 40.4 Å². The summed E-state index contributed by atoms with van der Waals surface area (Å²) in [5, 5.41) is 0. The lowest BCUT2D eigenvalue weighted by molar-refractivity contribution is 1.54. The van der Waals surface area contributed by atoms with E-state index in [1.165, 1.54) is 0 Å². The van der Waals surface area contributed by atoms with E-state index >= 15 is 0 Å². The summed E-state index contributed by atoms with van der Waals surface area (Å²) in [6, 6.07) is 5.72. The maximum Gasteiger partial charge on any atom is 0.105 e. The highest BCUT2D eigenvalue weighted by atomic mass is 79.9. The fourth-order valence-electron chi connectivity index (χ4n) is 0.898. The fraction of sp³-hybridized carbons (Fsp3) is 0. The van der Waals surface area contributed by atoms with E-state index in [9.17, 15) is 0 Å². The second-order valence-corrected chi connectivity index (χ2v) is 3.51. The number of halogens is 1. The van der Waals surface area contributed by atoms with Crippen molar-refractivity contribution in [1.82, 2.24) is 0 Å².